The molecular weight excluding hydrogens is 224 g/mol. The molecule has 0 saturated carbocycles. The van der Waals surface area contributed by atoms with E-state index >= 15 is 0 Å². The van der Waals surface area contributed by atoms with Gasteiger partial charge in [0.15, 0.2) is 0 Å². The van der Waals surface area contributed by atoms with Gasteiger partial charge in [0.1, 0.15) is 0 Å². The van der Waals surface area contributed by atoms with Crippen LogP contribution in [0, 0.1) is 5.92 Å². The van der Waals surface area contributed by atoms with Crippen molar-refractivity contribution in [2.24, 2.45) is 5.92 Å². The topological polar surface area (TPSA) is 24.5 Å². The third-order valence-corrected chi connectivity index (χ3v) is 4.20. The highest BCUT2D eigenvalue weighted by Crippen LogP contribution is 2.18. The maximum absolute atomic E-state index is 5.65. The lowest BCUT2D eigenvalue weighted by atomic mass is 9.94. The Morgan fingerprint density at radius 1 is 1.28 bits per heavy atom. The SMILES string of the molecule is CCCOCCN1CC(CC)NCC1C(C)CC. The molecule has 3 heteroatoms. The average Bonchev–Trinajstić information content (AvgIpc) is 2.42. The van der Waals surface area contributed by atoms with Gasteiger partial charge in [0.05, 0.1) is 6.61 Å². The standard InChI is InChI=1S/C15H32N2O/c1-5-9-18-10-8-17-12-14(7-3)16-11-15(17)13(4)6-2/h13-16H,5-12H2,1-4H3. The molecule has 1 fully saturated rings. The molecule has 0 aliphatic carbocycles. The third-order valence-electron chi connectivity index (χ3n) is 4.20. The van der Waals surface area contributed by atoms with Crippen LogP contribution >= 0.6 is 0 Å². The van der Waals surface area contributed by atoms with Gasteiger partial charge < -0.3 is 10.1 Å². The predicted octanol–water partition coefficient (Wildman–Crippen LogP) is 2.51. The van der Waals surface area contributed by atoms with Crippen molar-refractivity contribution in [2.45, 2.75) is 59.0 Å². The molecule has 1 heterocycles. The molecule has 1 aliphatic rings. The van der Waals surface area contributed by atoms with Crippen LogP contribution in [-0.4, -0.2) is 49.8 Å². The van der Waals surface area contributed by atoms with Crippen LogP contribution in [0.4, 0.5) is 0 Å². The molecule has 1 saturated heterocycles. The van der Waals surface area contributed by atoms with Gasteiger partial charge in [0, 0.05) is 38.3 Å². The fourth-order valence-corrected chi connectivity index (χ4v) is 2.69. The molecule has 108 valence electrons. The Kier molecular flexibility index (Phi) is 7.87. The van der Waals surface area contributed by atoms with Gasteiger partial charge in [-0.1, -0.05) is 34.1 Å². The smallest absolute Gasteiger partial charge is 0.0593 e. The molecule has 0 radical (unpaired) electrons. The zero-order valence-corrected chi connectivity index (χ0v) is 12.7. The number of piperazine rings is 1. The van der Waals surface area contributed by atoms with Crippen LogP contribution in [-0.2, 0) is 4.74 Å². The highest BCUT2D eigenvalue weighted by Gasteiger charge is 2.29. The van der Waals surface area contributed by atoms with E-state index < -0.39 is 0 Å². The molecule has 1 N–H and O–H groups in total. The average molecular weight is 256 g/mol. The molecule has 0 amide bonds. The van der Waals surface area contributed by atoms with Crippen LogP contribution in [0.3, 0.4) is 0 Å². The van der Waals surface area contributed by atoms with E-state index in [0.29, 0.717) is 12.1 Å². The van der Waals surface area contributed by atoms with Gasteiger partial charge in [0.25, 0.3) is 0 Å². The van der Waals surface area contributed by atoms with Crippen LogP contribution in [0.5, 0.6) is 0 Å². The van der Waals surface area contributed by atoms with Gasteiger partial charge in [-0.3, -0.25) is 4.90 Å². The van der Waals surface area contributed by atoms with Crippen molar-refractivity contribution in [2.75, 3.05) is 32.8 Å². The summed E-state index contributed by atoms with van der Waals surface area (Å²) in [6, 6.07) is 1.35. The monoisotopic (exact) mass is 256 g/mol. The molecule has 1 rings (SSSR count). The van der Waals surface area contributed by atoms with Crippen molar-refractivity contribution >= 4 is 0 Å². The summed E-state index contributed by atoms with van der Waals surface area (Å²) in [7, 11) is 0. The summed E-state index contributed by atoms with van der Waals surface area (Å²) in [5, 5.41) is 3.68. The van der Waals surface area contributed by atoms with Crippen molar-refractivity contribution < 1.29 is 4.74 Å². The normalized spacial score (nSPS) is 27.3. The molecule has 3 unspecified atom stereocenters. The fourth-order valence-electron chi connectivity index (χ4n) is 2.69. The molecule has 0 aromatic carbocycles. The summed E-state index contributed by atoms with van der Waals surface area (Å²) in [4.78, 5) is 2.65. The Hall–Kier alpha value is -0.120. The Morgan fingerprint density at radius 3 is 2.67 bits per heavy atom. The lowest BCUT2D eigenvalue weighted by molar-refractivity contribution is 0.0463. The summed E-state index contributed by atoms with van der Waals surface area (Å²) in [6.45, 7) is 14.3. The lowest BCUT2D eigenvalue weighted by Crippen LogP contribution is -2.58. The van der Waals surface area contributed by atoms with Crippen molar-refractivity contribution in [3.63, 3.8) is 0 Å². The first-order valence-electron chi connectivity index (χ1n) is 7.78. The first-order valence-corrected chi connectivity index (χ1v) is 7.78. The van der Waals surface area contributed by atoms with Crippen LogP contribution in [0.1, 0.15) is 47.0 Å². The maximum Gasteiger partial charge on any atom is 0.0593 e. The van der Waals surface area contributed by atoms with Gasteiger partial charge in [0.2, 0.25) is 0 Å². The first kappa shape index (κ1) is 15.9. The predicted molar refractivity (Wildman–Crippen MR) is 78.0 cm³/mol. The zero-order valence-electron chi connectivity index (χ0n) is 12.7. The van der Waals surface area contributed by atoms with Gasteiger partial charge in [-0.2, -0.15) is 0 Å². The highest BCUT2D eigenvalue weighted by atomic mass is 16.5. The highest BCUT2D eigenvalue weighted by molar-refractivity contribution is 4.87. The molecule has 0 aromatic heterocycles. The van der Waals surface area contributed by atoms with Gasteiger partial charge in [-0.15, -0.1) is 0 Å². The van der Waals surface area contributed by atoms with Crippen LogP contribution in [0.2, 0.25) is 0 Å². The number of ether oxygens (including phenoxy) is 1. The van der Waals surface area contributed by atoms with E-state index in [1.54, 1.807) is 0 Å². The van der Waals surface area contributed by atoms with Gasteiger partial charge in [-0.25, -0.2) is 0 Å². The molecule has 0 aromatic rings. The van der Waals surface area contributed by atoms with Crippen molar-refractivity contribution in [1.82, 2.24) is 10.2 Å². The number of hydrogen-bond donors (Lipinski definition) is 1. The van der Waals surface area contributed by atoms with E-state index in [2.05, 4.69) is 37.9 Å². The third kappa shape index (κ3) is 4.87. The second kappa shape index (κ2) is 8.89. The van der Waals surface area contributed by atoms with E-state index in [4.69, 9.17) is 4.74 Å². The minimum absolute atomic E-state index is 0.663. The zero-order chi connectivity index (χ0) is 13.4. The van der Waals surface area contributed by atoms with E-state index in [-0.39, 0.29) is 0 Å². The van der Waals surface area contributed by atoms with Crippen LogP contribution in [0.25, 0.3) is 0 Å². The summed E-state index contributed by atoms with van der Waals surface area (Å²) in [6.07, 6.45) is 3.60. The molecule has 0 bridgehead atoms. The van der Waals surface area contributed by atoms with Crippen molar-refractivity contribution in [1.29, 1.82) is 0 Å². The van der Waals surface area contributed by atoms with E-state index in [1.165, 1.54) is 19.4 Å². The Bertz CT molecular complexity index is 211. The quantitative estimate of drug-likeness (QED) is 0.675. The molecule has 1 aliphatic heterocycles. The Labute approximate surface area is 113 Å². The van der Waals surface area contributed by atoms with E-state index in [9.17, 15) is 0 Å². The molecule has 18 heavy (non-hydrogen) atoms. The molecule has 3 nitrogen and oxygen atoms in total. The minimum Gasteiger partial charge on any atom is -0.380 e. The maximum atomic E-state index is 5.65. The van der Waals surface area contributed by atoms with Crippen LogP contribution in [0.15, 0.2) is 0 Å². The molecule has 0 spiro atoms. The second-order valence-corrected chi connectivity index (χ2v) is 5.57. The van der Waals surface area contributed by atoms with Gasteiger partial charge >= 0.3 is 0 Å². The first-order chi connectivity index (χ1) is 8.72. The fraction of sp³-hybridized carbons (Fsp3) is 1.00. The largest absolute Gasteiger partial charge is 0.380 e. The number of hydrogen-bond acceptors (Lipinski definition) is 3. The van der Waals surface area contributed by atoms with Crippen LogP contribution < -0.4 is 5.32 Å². The number of nitrogens with one attached hydrogen (secondary N) is 1. The minimum atomic E-state index is 0.663. The lowest BCUT2D eigenvalue weighted by Gasteiger charge is -2.43. The summed E-state index contributed by atoms with van der Waals surface area (Å²) >= 11 is 0. The van der Waals surface area contributed by atoms with Crippen molar-refractivity contribution in [3.8, 4) is 0 Å². The summed E-state index contributed by atoms with van der Waals surface area (Å²) in [5.41, 5.74) is 0. The number of nitrogens with zero attached hydrogens (tertiary/aromatic N) is 1. The van der Waals surface area contributed by atoms with E-state index in [0.717, 1.165) is 38.6 Å². The van der Waals surface area contributed by atoms with E-state index in [1.807, 2.05) is 0 Å². The molecular formula is C15H32N2O. The Balaban J connectivity index is 2.43. The Morgan fingerprint density at radius 2 is 2.06 bits per heavy atom. The summed E-state index contributed by atoms with van der Waals surface area (Å²) in [5.74, 6) is 0.765. The summed E-state index contributed by atoms with van der Waals surface area (Å²) < 4.78 is 5.65. The number of rotatable bonds is 8. The molecule has 3 atom stereocenters. The van der Waals surface area contributed by atoms with Crippen molar-refractivity contribution in [3.05, 3.63) is 0 Å². The van der Waals surface area contributed by atoms with Gasteiger partial charge in [-0.05, 0) is 18.8 Å². The second-order valence-electron chi connectivity index (χ2n) is 5.57.